The highest BCUT2D eigenvalue weighted by molar-refractivity contribution is 5.82. The first-order valence-corrected chi connectivity index (χ1v) is 11.6. The van der Waals surface area contributed by atoms with Crippen molar-refractivity contribution >= 4 is 36.2 Å². The van der Waals surface area contributed by atoms with Crippen molar-refractivity contribution < 1.29 is 32.9 Å². The lowest BCUT2D eigenvalue weighted by atomic mass is 10.1. The van der Waals surface area contributed by atoms with Crippen LogP contribution in [0.2, 0.25) is 0 Å². The van der Waals surface area contributed by atoms with Crippen LogP contribution in [0.3, 0.4) is 0 Å². The van der Waals surface area contributed by atoms with Crippen molar-refractivity contribution in [1.82, 2.24) is 0 Å². The zero-order chi connectivity index (χ0) is 27.9. The first-order chi connectivity index (χ1) is 19.0. The number of rotatable bonds is 12. The second-order valence-electron chi connectivity index (χ2n) is 7.65. The van der Waals surface area contributed by atoms with Crippen LogP contribution < -0.4 is 9.47 Å². The van der Waals surface area contributed by atoms with E-state index >= 15 is 0 Å². The molecule has 3 aromatic rings. The summed E-state index contributed by atoms with van der Waals surface area (Å²) < 4.78 is 34.7. The zero-order valence-electron chi connectivity index (χ0n) is 20.9. The van der Waals surface area contributed by atoms with E-state index in [1.807, 2.05) is 42.5 Å². The molecule has 0 aromatic heterocycles. The van der Waals surface area contributed by atoms with Gasteiger partial charge in [-0.1, -0.05) is 73.9 Å². The predicted molar refractivity (Wildman–Crippen MR) is 149 cm³/mol. The molecule has 0 heterocycles. The first kappa shape index (κ1) is 28.1. The van der Waals surface area contributed by atoms with Crippen molar-refractivity contribution in [2.24, 2.45) is 0 Å². The highest BCUT2D eigenvalue weighted by Crippen LogP contribution is 2.19. The van der Waals surface area contributed by atoms with Crippen molar-refractivity contribution in [2.75, 3.05) is 0 Å². The highest BCUT2D eigenvalue weighted by atomic mass is 19.1. The number of esters is 2. The number of carbonyl (C=O) groups is 2. The molecule has 196 valence electrons. The minimum Gasteiger partial charge on any atom is -0.462 e. The number of halogens is 1. The molecule has 3 rings (SSSR count). The summed E-state index contributed by atoms with van der Waals surface area (Å²) in [5.41, 5.74) is 2.92. The molecule has 39 heavy (non-hydrogen) atoms. The van der Waals surface area contributed by atoms with E-state index in [9.17, 15) is 14.0 Å². The third-order valence-electron chi connectivity index (χ3n) is 4.93. The van der Waals surface area contributed by atoms with Gasteiger partial charge in [0.25, 0.3) is 0 Å². The summed E-state index contributed by atoms with van der Waals surface area (Å²) in [5, 5.41) is 0. The maximum Gasteiger partial charge on any atom is 0.335 e. The molecule has 0 aliphatic rings. The van der Waals surface area contributed by atoms with Crippen molar-refractivity contribution in [3.8, 4) is 11.5 Å². The first-order valence-electron chi connectivity index (χ1n) is 11.6. The van der Waals surface area contributed by atoms with Gasteiger partial charge in [0.05, 0.1) is 0 Å². The van der Waals surface area contributed by atoms with Gasteiger partial charge in [-0.3, -0.25) is 0 Å². The lowest BCUT2D eigenvalue weighted by molar-refractivity contribution is -0.133. The van der Waals surface area contributed by atoms with Crippen LogP contribution >= 0.6 is 0 Å². The fraction of sp³-hybridized carbons (Fsp3) is 0. The molecular weight excluding hydrogens is 499 g/mol. The third kappa shape index (κ3) is 9.86. The largest absolute Gasteiger partial charge is 0.462 e. The Morgan fingerprint density at radius 2 is 1.03 bits per heavy atom. The summed E-state index contributed by atoms with van der Waals surface area (Å²) in [4.78, 5) is 21.9. The Morgan fingerprint density at radius 3 is 1.49 bits per heavy atom. The molecule has 0 spiro atoms. The Hall–Kier alpha value is -5.43. The Balaban J connectivity index is 1.53. The van der Waals surface area contributed by atoms with Gasteiger partial charge in [-0.05, 0) is 47.0 Å². The van der Waals surface area contributed by atoms with Gasteiger partial charge in [-0.15, -0.1) is 0 Å². The van der Waals surface area contributed by atoms with Crippen LogP contribution in [0, 0.1) is 5.82 Å². The van der Waals surface area contributed by atoms with E-state index in [1.165, 1.54) is 18.6 Å². The molecule has 0 saturated heterocycles. The summed E-state index contributed by atoms with van der Waals surface area (Å²) in [6.45, 7) is 6.59. The standard InChI is InChI=1S/C32H25FO6/c1-3-31(34)38-21-19-36-28-15-9-24(10-16-28)5-6-26-8-14-27(30(33)23-26)13-7-25-11-17-29(18-12-25)37-20-22-39-32(35)4-2/h3-23H,1-2H2/b6-5+,13-7+,21-19-,22-20-. The van der Waals surface area contributed by atoms with Gasteiger partial charge in [-0.25, -0.2) is 14.0 Å². The molecule has 7 heteroatoms. The second-order valence-corrected chi connectivity index (χ2v) is 7.65. The van der Waals surface area contributed by atoms with Gasteiger partial charge < -0.3 is 18.9 Å². The van der Waals surface area contributed by atoms with Gasteiger partial charge in [0, 0.05) is 17.7 Å². The number of ether oxygens (including phenoxy) is 4. The van der Waals surface area contributed by atoms with E-state index in [-0.39, 0.29) is 5.82 Å². The topological polar surface area (TPSA) is 71.1 Å². The average Bonchev–Trinajstić information content (AvgIpc) is 2.96. The van der Waals surface area contributed by atoms with Crippen LogP contribution in [-0.4, -0.2) is 11.9 Å². The van der Waals surface area contributed by atoms with Crippen LogP contribution in [0.1, 0.15) is 22.3 Å². The summed E-state index contributed by atoms with van der Waals surface area (Å²) >= 11 is 0. The summed E-state index contributed by atoms with van der Waals surface area (Å²) in [6.07, 6.45) is 14.0. The van der Waals surface area contributed by atoms with Gasteiger partial charge in [-0.2, -0.15) is 0 Å². The van der Waals surface area contributed by atoms with E-state index in [2.05, 4.69) is 22.6 Å². The van der Waals surface area contributed by atoms with Crippen molar-refractivity contribution in [3.05, 3.63) is 145 Å². The van der Waals surface area contributed by atoms with E-state index < -0.39 is 11.9 Å². The smallest absolute Gasteiger partial charge is 0.335 e. The van der Waals surface area contributed by atoms with Crippen molar-refractivity contribution in [2.45, 2.75) is 0 Å². The van der Waals surface area contributed by atoms with E-state index in [4.69, 9.17) is 9.47 Å². The number of hydrogen-bond acceptors (Lipinski definition) is 6. The minimum absolute atomic E-state index is 0.347. The van der Waals surface area contributed by atoms with Crippen LogP contribution in [0.5, 0.6) is 11.5 Å². The molecule has 0 aliphatic heterocycles. The average molecular weight is 525 g/mol. The Bertz CT molecular complexity index is 1410. The SMILES string of the molecule is C=CC(=O)O/C=C\Oc1ccc(/C=C/c2ccc(/C=C/c3ccc(O/C=C\OC(=O)C=C)cc3)c(F)c2)cc1. The van der Waals surface area contributed by atoms with Crippen molar-refractivity contribution in [1.29, 1.82) is 0 Å². The number of carbonyl (C=O) groups excluding carboxylic acids is 2. The maximum atomic E-state index is 14.7. The van der Waals surface area contributed by atoms with Gasteiger partial charge in [0.2, 0.25) is 0 Å². The van der Waals surface area contributed by atoms with Crippen LogP contribution in [0.15, 0.2) is 117 Å². The third-order valence-corrected chi connectivity index (χ3v) is 4.93. The summed E-state index contributed by atoms with van der Waals surface area (Å²) in [7, 11) is 0. The fourth-order valence-corrected chi connectivity index (χ4v) is 2.97. The molecular formula is C32H25FO6. The van der Waals surface area contributed by atoms with Gasteiger partial charge in [0.15, 0.2) is 0 Å². The molecule has 0 atom stereocenters. The molecule has 3 aromatic carbocycles. The Morgan fingerprint density at radius 1 is 0.590 bits per heavy atom. The second kappa shape index (κ2) is 15.0. The van der Waals surface area contributed by atoms with Crippen LogP contribution in [0.25, 0.3) is 24.3 Å². The molecule has 0 radical (unpaired) electrons. The Kier molecular flexibility index (Phi) is 10.8. The molecule has 0 aliphatic carbocycles. The minimum atomic E-state index is -0.579. The van der Waals surface area contributed by atoms with Gasteiger partial charge in [0.1, 0.15) is 42.4 Å². The highest BCUT2D eigenvalue weighted by Gasteiger charge is 2.00. The molecule has 0 fully saturated rings. The van der Waals surface area contributed by atoms with E-state index in [1.54, 1.807) is 42.5 Å². The Labute approximate surface area is 225 Å². The zero-order valence-corrected chi connectivity index (χ0v) is 20.9. The monoisotopic (exact) mass is 524 g/mol. The molecule has 0 unspecified atom stereocenters. The molecule has 0 amide bonds. The molecule has 0 N–H and O–H groups in total. The number of hydrogen-bond donors (Lipinski definition) is 0. The molecule has 0 saturated carbocycles. The van der Waals surface area contributed by atoms with E-state index in [0.717, 1.165) is 35.8 Å². The summed E-state index contributed by atoms with van der Waals surface area (Å²) in [6, 6.07) is 19.3. The van der Waals surface area contributed by atoms with E-state index in [0.29, 0.717) is 22.6 Å². The lowest BCUT2D eigenvalue weighted by Gasteiger charge is -2.02. The van der Waals surface area contributed by atoms with Crippen LogP contribution in [-0.2, 0) is 19.1 Å². The van der Waals surface area contributed by atoms with Crippen LogP contribution in [0.4, 0.5) is 4.39 Å². The quantitative estimate of drug-likeness (QED) is 0.107. The summed E-state index contributed by atoms with van der Waals surface area (Å²) in [5.74, 6) is -0.393. The predicted octanol–water partition coefficient (Wildman–Crippen LogP) is 7.32. The molecule has 6 nitrogen and oxygen atoms in total. The van der Waals surface area contributed by atoms with Gasteiger partial charge >= 0.3 is 11.9 Å². The molecule has 0 bridgehead atoms. The fourth-order valence-electron chi connectivity index (χ4n) is 2.97. The maximum absolute atomic E-state index is 14.7. The van der Waals surface area contributed by atoms with Crippen molar-refractivity contribution in [3.63, 3.8) is 0 Å². The lowest BCUT2D eigenvalue weighted by Crippen LogP contribution is -1.93. The number of benzene rings is 3. The normalized spacial score (nSPS) is 11.2.